The van der Waals surface area contributed by atoms with E-state index >= 15 is 0 Å². The molecule has 0 radical (unpaired) electrons. The maximum Gasteiger partial charge on any atom is 0.122 e. The van der Waals surface area contributed by atoms with Crippen LogP contribution in [0, 0.1) is 13.8 Å². The van der Waals surface area contributed by atoms with Gasteiger partial charge in [0.1, 0.15) is 12.4 Å². The van der Waals surface area contributed by atoms with Crippen LogP contribution in [-0.4, -0.2) is 33.4 Å². The molecule has 0 spiro atoms. The molecule has 0 amide bonds. The molecule has 0 aliphatic rings. The second-order valence-electron chi connectivity index (χ2n) is 4.02. The van der Waals surface area contributed by atoms with E-state index in [-0.39, 0.29) is 6.04 Å². The predicted octanol–water partition coefficient (Wildman–Crippen LogP) is 1.92. The van der Waals surface area contributed by atoms with Gasteiger partial charge in [-0.25, -0.2) is 0 Å². The molecule has 16 heavy (non-hydrogen) atoms. The van der Waals surface area contributed by atoms with Crippen LogP contribution in [0.3, 0.4) is 0 Å². The van der Waals surface area contributed by atoms with Crippen molar-refractivity contribution in [3.8, 4) is 5.75 Å². The minimum absolute atomic E-state index is 0.228. The minimum Gasteiger partial charge on any atom is -0.492 e. The van der Waals surface area contributed by atoms with Crippen LogP contribution in [0.25, 0.3) is 0 Å². The van der Waals surface area contributed by atoms with E-state index < -0.39 is 0 Å². The molecule has 0 heterocycles. The lowest BCUT2D eigenvalue weighted by atomic mass is 10.1. The van der Waals surface area contributed by atoms with Crippen LogP contribution in [0.5, 0.6) is 5.75 Å². The van der Waals surface area contributed by atoms with Gasteiger partial charge in [0.05, 0.1) is 12.6 Å². The lowest BCUT2D eigenvalue weighted by molar-refractivity contribution is 0.139. The maximum atomic E-state index is 5.75. The Bertz CT molecular complexity index is 326. The second-order valence-corrected chi connectivity index (χ2v) is 4.02. The minimum atomic E-state index is 0.228. The summed E-state index contributed by atoms with van der Waals surface area (Å²) < 4.78 is 10.8. The highest BCUT2D eigenvalue weighted by atomic mass is 16.5. The first-order valence-electron chi connectivity index (χ1n) is 5.53. The average molecular weight is 223 g/mol. The molecule has 0 aliphatic carbocycles. The number of rotatable bonds is 6. The summed E-state index contributed by atoms with van der Waals surface area (Å²) in [5.74, 6) is 0.946. The predicted molar refractivity (Wildman–Crippen MR) is 66.1 cm³/mol. The van der Waals surface area contributed by atoms with Gasteiger partial charge in [0.2, 0.25) is 0 Å². The van der Waals surface area contributed by atoms with Crippen molar-refractivity contribution >= 4 is 0 Å². The molecule has 0 aliphatic heterocycles. The first-order valence-corrected chi connectivity index (χ1v) is 5.53. The summed E-state index contributed by atoms with van der Waals surface area (Å²) in [6, 6.07) is 6.43. The van der Waals surface area contributed by atoms with Crippen LogP contribution >= 0.6 is 0 Å². The Morgan fingerprint density at radius 2 is 2.00 bits per heavy atom. The summed E-state index contributed by atoms with van der Waals surface area (Å²) in [5, 5.41) is 3.15. The fraction of sp³-hybridized carbons (Fsp3) is 0.538. The zero-order valence-corrected chi connectivity index (χ0v) is 10.5. The second kappa shape index (κ2) is 6.51. The number of benzene rings is 1. The van der Waals surface area contributed by atoms with Gasteiger partial charge in [-0.3, -0.25) is 0 Å². The lowest BCUT2D eigenvalue weighted by Crippen LogP contribution is -2.35. The Labute approximate surface area is 97.8 Å². The van der Waals surface area contributed by atoms with Crippen molar-refractivity contribution in [3.63, 3.8) is 0 Å². The quantitative estimate of drug-likeness (QED) is 0.799. The van der Waals surface area contributed by atoms with Crippen LogP contribution < -0.4 is 10.1 Å². The molecule has 0 saturated carbocycles. The fourth-order valence-electron chi connectivity index (χ4n) is 1.57. The molecule has 0 aromatic heterocycles. The molecule has 90 valence electrons. The summed E-state index contributed by atoms with van der Waals surface area (Å²) in [5.41, 5.74) is 2.43. The van der Waals surface area contributed by atoms with Crippen molar-refractivity contribution in [2.45, 2.75) is 19.9 Å². The first-order chi connectivity index (χ1) is 7.67. The molecule has 1 aromatic carbocycles. The Hall–Kier alpha value is -1.06. The van der Waals surface area contributed by atoms with Crippen LogP contribution in [-0.2, 0) is 4.74 Å². The van der Waals surface area contributed by atoms with Gasteiger partial charge in [-0.2, -0.15) is 0 Å². The standard InChI is InChI=1S/C13H21NO2/c1-10-5-6-13(11(2)7-10)16-9-12(14-3)8-15-4/h5-7,12,14H,8-9H2,1-4H3. The fourth-order valence-corrected chi connectivity index (χ4v) is 1.57. The molecule has 1 atom stereocenters. The summed E-state index contributed by atoms with van der Waals surface area (Å²) in [6.45, 7) is 5.42. The van der Waals surface area contributed by atoms with Crippen LogP contribution in [0.2, 0.25) is 0 Å². The number of nitrogens with one attached hydrogen (secondary N) is 1. The average Bonchev–Trinajstić information content (AvgIpc) is 2.26. The zero-order chi connectivity index (χ0) is 12.0. The summed E-state index contributed by atoms with van der Waals surface area (Å²) in [4.78, 5) is 0. The number of hydrogen-bond donors (Lipinski definition) is 1. The maximum absolute atomic E-state index is 5.75. The molecule has 1 rings (SSSR count). The SMILES string of the molecule is CNC(COC)COc1ccc(C)cc1C. The number of methoxy groups -OCH3 is 1. The van der Waals surface area contributed by atoms with Gasteiger partial charge in [-0.05, 0) is 32.5 Å². The Kier molecular flexibility index (Phi) is 5.29. The van der Waals surface area contributed by atoms with Gasteiger partial charge in [-0.1, -0.05) is 17.7 Å². The third-order valence-electron chi connectivity index (χ3n) is 2.55. The monoisotopic (exact) mass is 223 g/mol. The normalized spacial score (nSPS) is 12.5. The topological polar surface area (TPSA) is 30.5 Å². The van der Waals surface area contributed by atoms with Gasteiger partial charge < -0.3 is 14.8 Å². The van der Waals surface area contributed by atoms with Gasteiger partial charge in [0, 0.05) is 7.11 Å². The van der Waals surface area contributed by atoms with Crippen molar-refractivity contribution in [1.82, 2.24) is 5.32 Å². The van der Waals surface area contributed by atoms with E-state index in [0.29, 0.717) is 13.2 Å². The van der Waals surface area contributed by atoms with Crippen molar-refractivity contribution in [2.24, 2.45) is 0 Å². The summed E-state index contributed by atoms with van der Waals surface area (Å²) >= 11 is 0. The van der Waals surface area contributed by atoms with E-state index in [2.05, 4.69) is 31.3 Å². The highest BCUT2D eigenvalue weighted by Crippen LogP contribution is 2.18. The van der Waals surface area contributed by atoms with Gasteiger partial charge in [0.25, 0.3) is 0 Å². The number of hydrogen-bond acceptors (Lipinski definition) is 3. The lowest BCUT2D eigenvalue weighted by Gasteiger charge is -2.17. The number of likely N-dealkylation sites (N-methyl/N-ethyl adjacent to an activating group) is 1. The van der Waals surface area contributed by atoms with Gasteiger partial charge in [0.15, 0.2) is 0 Å². The van der Waals surface area contributed by atoms with Crippen molar-refractivity contribution < 1.29 is 9.47 Å². The third-order valence-corrected chi connectivity index (χ3v) is 2.55. The Balaban J connectivity index is 2.53. The van der Waals surface area contributed by atoms with Crippen LogP contribution in [0.4, 0.5) is 0 Å². The van der Waals surface area contributed by atoms with Gasteiger partial charge in [-0.15, -0.1) is 0 Å². The van der Waals surface area contributed by atoms with Gasteiger partial charge >= 0.3 is 0 Å². The van der Waals surface area contributed by atoms with Crippen LogP contribution in [0.15, 0.2) is 18.2 Å². The van der Waals surface area contributed by atoms with Crippen LogP contribution in [0.1, 0.15) is 11.1 Å². The van der Waals surface area contributed by atoms with Crippen molar-refractivity contribution in [2.75, 3.05) is 27.4 Å². The molecular formula is C13H21NO2. The molecule has 0 bridgehead atoms. The zero-order valence-electron chi connectivity index (χ0n) is 10.5. The Morgan fingerprint density at radius 1 is 1.25 bits per heavy atom. The van der Waals surface area contributed by atoms with E-state index in [0.717, 1.165) is 5.75 Å². The highest BCUT2D eigenvalue weighted by molar-refractivity contribution is 5.35. The van der Waals surface area contributed by atoms with E-state index in [1.54, 1.807) is 7.11 Å². The molecule has 1 aromatic rings. The van der Waals surface area contributed by atoms with E-state index in [1.807, 2.05) is 13.1 Å². The molecule has 0 saturated heterocycles. The molecule has 3 heteroatoms. The molecular weight excluding hydrogens is 202 g/mol. The number of ether oxygens (including phenoxy) is 2. The molecule has 0 fully saturated rings. The smallest absolute Gasteiger partial charge is 0.122 e. The van der Waals surface area contributed by atoms with E-state index in [9.17, 15) is 0 Å². The third kappa shape index (κ3) is 3.83. The Morgan fingerprint density at radius 3 is 2.56 bits per heavy atom. The highest BCUT2D eigenvalue weighted by Gasteiger charge is 2.07. The van der Waals surface area contributed by atoms with E-state index in [1.165, 1.54) is 11.1 Å². The molecule has 1 unspecified atom stereocenters. The summed E-state index contributed by atoms with van der Waals surface area (Å²) in [6.07, 6.45) is 0. The number of aryl methyl sites for hydroxylation is 2. The summed E-state index contributed by atoms with van der Waals surface area (Å²) in [7, 11) is 3.61. The molecule has 1 N–H and O–H groups in total. The molecule has 3 nitrogen and oxygen atoms in total. The van der Waals surface area contributed by atoms with E-state index in [4.69, 9.17) is 9.47 Å². The van der Waals surface area contributed by atoms with Crippen molar-refractivity contribution in [1.29, 1.82) is 0 Å². The first kappa shape index (κ1) is 13.0. The largest absolute Gasteiger partial charge is 0.492 e. The van der Waals surface area contributed by atoms with Crippen molar-refractivity contribution in [3.05, 3.63) is 29.3 Å².